The molecule has 0 aliphatic carbocycles. The lowest BCUT2D eigenvalue weighted by atomic mass is 10.2. The second kappa shape index (κ2) is 38.8. The van der Waals surface area contributed by atoms with Crippen molar-refractivity contribution in [3.05, 3.63) is 196 Å². The highest BCUT2D eigenvalue weighted by Crippen LogP contribution is 2.43. The van der Waals surface area contributed by atoms with Crippen LogP contribution < -0.4 is 34.9 Å². The predicted molar refractivity (Wildman–Crippen MR) is 335 cm³/mol. The number of esters is 4. The number of benzene rings is 4. The highest BCUT2D eigenvalue weighted by molar-refractivity contribution is 8.77. The predicted octanol–water partition coefficient (Wildman–Crippen LogP) is 9.67. The van der Waals surface area contributed by atoms with Gasteiger partial charge in [-0.3, -0.25) is 43.7 Å². The van der Waals surface area contributed by atoms with Gasteiger partial charge in [0.1, 0.15) is 52.9 Å². The number of rotatable bonds is 30. The molecule has 0 bridgehead atoms. The number of nitrogens with one attached hydrogen (secondary N) is 3. The minimum absolute atomic E-state index is 0.0154. The first-order valence-corrected chi connectivity index (χ1v) is 32.3. The Morgan fingerprint density at radius 2 is 0.967 bits per heavy atom. The lowest BCUT2D eigenvalue weighted by molar-refractivity contribution is -0.763. The molecule has 2 aromatic heterocycles. The number of ether oxygens (including phenoxy) is 4. The first-order chi connectivity index (χ1) is 43.6. The summed E-state index contributed by atoms with van der Waals surface area (Å²) in [6, 6.07) is 26.5. The molecule has 37 heteroatoms. The van der Waals surface area contributed by atoms with Crippen molar-refractivity contribution in [1.82, 2.24) is 25.9 Å². The van der Waals surface area contributed by atoms with Crippen LogP contribution in [0.2, 0.25) is 0 Å². The molecule has 4 aromatic carbocycles. The molecule has 0 saturated heterocycles. The van der Waals surface area contributed by atoms with E-state index < -0.39 is 68.3 Å². The number of nitro groups is 1. The normalized spacial score (nSPS) is 10.2. The molecule has 92 heavy (non-hydrogen) atoms. The summed E-state index contributed by atoms with van der Waals surface area (Å²) in [5.41, 5.74) is 2.75. The van der Waals surface area contributed by atoms with Crippen LogP contribution in [-0.2, 0) is 40.3 Å². The summed E-state index contributed by atoms with van der Waals surface area (Å²) in [4.78, 5) is 146. The van der Waals surface area contributed by atoms with Crippen molar-refractivity contribution >= 4 is 106 Å². The maximum Gasteiger partial charge on any atom is 0.308 e. The fourth-order valence-electron chi connectivity index (χ4n) is 6.57. The number of amides is 3. The Hall–Kier alpha value is -9.69. The van der Waals surface area contributed by atoms with Crippen LogP contribution in [-0.4, -0.2) is 105 Å². The number of hydrogen-bond donors (Lipinski definition) is 3. The van der Waals surface area contributed by atoms with Gasteiger partial charge in [0.2, 0.25) is 6.54 Å². The van der Waals surface area contributed by atoms with Crippen molar-refractivity contribution in [3.63, 3.8) is 0 Å². The summed E-state index contributed by atoms with van der Waals surface area (Å²) in [5.74, 6) is -2.19. The van der Waals surface area contributed by atoms with Gasteiger partial charge in [-0.25, -0.2) is 9.97 Å². The molecule has 0 aliphatic heterocycles. The van der Waals surface area contributed by atoms with Crippen molar-refractivity contribution in [2.75, 3.05) is 32.8 Å². The number of carbonyl (C=O) groups is 7. The molecule has 3 N–H and O–H groups in total. The molecule has 3 amide bonds. The van der Waals surface area contributed by atoms with Crippen LogP contribution in [0, 0.1) is 54.3 Å². The van der Waals surface area contributed by atoms with E-state index in [0.717, 1.165) is 25.8 Å². The Labute approximate surface area is 545 Å². The zero-order chi connectivity index (χ0) is 67.9. The second-order valence-electron chi connectivity index (χ2n) is 17.6. The van der Waals surface area contributed by atoms with Gasteiger partial charge >= 0.3 is 23.9 Å². The number of hydrogen-bond acceptors (Lipinski definition) is 30. The Morgan fingerprint density at radius 1 is 0.500 bits per heavy atom. The van der Waals surface area contributed by atoms with Gasteiger partial charge in [0.15, 0.2) is 0 Å². The molecule has 0 saturated carbocycles. The maximum absolute atomic E-state index is 12.6. The first-order valence-electron chi connectivity index (χ1n) is 25.8. The third-order valence-corrected chi connectivity index (χ3v) is 17.5. The van der Waals surface area contributed by atoms with Gasteiger partial charge in [-0.05, 0) is 149 Å². The van der Waals surface area contributed by atoms with E-state index in [1.807, 2.05) is 26.0 Å². The highest BCUT2D eigenvalue weighted by Gasteiger charge is 2.19. The van der Waals surface area contributed by atoms with Gasteiger partial charge < -0.3 is 49.4 Å². The monoisotopic (exact) mass is 1380 g/mol. The van der Waals surface area contributed by atoms with E-state index in [1.54, 1.807) is 66.7 Å². The summed E-state index contributed by atoms with van der Waals surface area (Å²) in [7, 11) is 8.15. The summed E-state index contributed by atoms with van der Waals surface area (Å²) in [6.07, 6.45) is 2.74. The van der Waals surface area contributed by atoms with E-state index in [-0.39, 0.29) is 66.8 Å². The largest absolute Gasteiger partial charge is 0.427 e. The quantitative estimate of drug-likeness (QED) is 0.00942. The lowest BCUT2D eigenvalue weighted by Gasteiger charge is -2.12. The number of aromatic nitrogens is 2. The third-order valence-electron chi connectivity index (χ3n) is 10.3. The third kappa shape index (κ3) is 28.9. The molecule has 2 heterocycles. The smallest absolute Gasteiger partial charge is 0.308 e. The molecule has 0 atom stereocenters. The first kappa shape index (κ1) is 74.8. The number of carbonyl (C=O) groups excluding carboxylic acids is 7. The number of nitrogens with zero attached hydrogens (tertiary/aromatic N) is 6. The summed E-state index contributed by atoms with van der Waals surface area (Å²) in [6.45, 7) is 10.9. The SMILES string of the molecule is C=C(C[N+](=O)[O-])NC(=O)c1cc(SSc2ccc(OC(C)=O)c(C)c2)ccc1OC(C)=O.CC(=O)Oc1ccc(SSc2ccc(OC(C)=O)cc2CO[N+](=O)[O-])c(C)c1.O=C(NCCO[N+](=O)[O-])c1ccc(SSc2ccc(C(=O)NCCO[N+](=O)[O-])cn2)nc1. The molecule has 6 rings (SSSR count). The van der Waals surface area contributed by atoms with Crippen molar-refractivity contribution in [2.45, 2.75) is 77.8 Å². The van der Waals surface area contributed by atoms with Crippen LogP contribution in [0.4, 0.5) is 0 Å². The van der Waals surface area contributed by atoms with Crippen molar-refractivity contribution in [1.29, 1.82) is 0 Å². The molecule has 0 radical (unpaired) electrons. The van der Waals surface area contributed by atoms with E-state index in [9.17, 15) is 74.0 Å². The van der Waals surface area contributed by atoms with E-state index in [1.165, 1.54) is 123 Å². The zero-order valence-electron chi connectivity index (χ0n) is 49.0. The van der Waals surface area contributed by atoms with Crippen LogP contribution in [0.5, 0.6) is 23.0 Å². The number of aryl methyl sites for hydroxylation is 2. The number of pyridine rings is 2. The Balaban J connectivity index is 0.000000295. The van der Waals surface area contributed by atoms with Gasteiger partial charge in [0.25, 0.3) is 33.0 Å². The summed E-state index contributed by atoms with van der Waals surface area (Å²) < 4.78 is 20.3. The van der Waals surface area contributed by atoms with Gasteiger partial charge in [-0.15, -0.1) is 30.3 Å². The molecule has 0 aliphatic rings. The standard InChI is InChI=1S/C21H20N2O7S2.C18H17NO7S2.C16H16N6O8S2/c1-12-9-16(5-7-19(12)29-14(3)24)31-32-17-6-8-20(30-15(4)25)18(10-17)21(26)22-13(2)11-23(27)28;1-11-8-15(25-12(2)20)4-6-17(11)27-28-18-7-5-16(26-13(3)21)9-14(18)10-24-19(22)23;23-15(17-5-7-29-21(25)26)11-1-3-13(19-9-11)31-32-14-4-2-12(10-20-14)16(24)18-6-8-30-22(27)28/h5-10H,2,11H2,1,3-4H3,(H,22,26);4-9H,10H2,1-3H3;1-4,9-10H,5-8H2,(H,17,23)(H,18,24). The van der Waals surface area contributed by atoms with Crippen LogP contribution in [0.3, 0.4) is 0 Å². The topological polar surface area (TPSA) is 419 Å². The molecule has 31 nitrogen and oxygen atoms in total. The molecule has 0 unspecified atom stereocenters. The van der Waals surface area contributed by atoms with Gasteiger partial charge in [-0.2, -0.15) is 0 Å². The molecular formula is C55H53N9O22S6. The van der Waals surface area contributed by atoms with Crippen LogP contribution in [0.25, 0.3) is 0 Å². The van der Waals surface area contributed by atoms with Crippen LogP contribution >= 0.6 is 64.8 Å². The Kier molecular flexibility index (Phi) is 31.5. The van der Waals surface area contributed by atoms with Crippen molar-refractivity contribution < 1.29 is 87.2 Å². The second-order valence-corrected chi connectivity index (χ2v) is 24.3. The molecular weight excluding hydrogens is 1330 g/mol. The molecule has 6 aromatic rings. The van der Waals surface area contributed by atoms with E-state index in [0.29, 0.717) is 32.0 Å². The molecule has 486 valence electrons. The average molecular weight is 1380 g/mol. The summed E-state index contributed by atoms with van der Waals surface area (Å²) in [5, 5.41) is 47.0. The van der Waals surface area contributed by atoms with E-state index in [4.69, 9.17) is 18.9 Å². The fourth-order valence-corrected chi connectivity index (χ4v) is 12.7. The van der Waals surface area contributed by atoms with E-state index >= 15 is 0 Å². The average Bonchev–Trinajstić information content (AvgIpc) is 0.949. The highest BCUT2D eigenvalue weighted by atomic mass is 33.1. The van der Waals surface area contributed by atoms with Crippen molar-refractivity contribution in [3.8, 4) is 23.0 Å². The van der Waals surface area contributed by atoms with Gasteiger partial charge in [0.05, 0.1) is 22.4 Å². The van der Waals surface area contributed by atoms with Crippen molar-refractivity contribution in [2.24, 2.45) is 0 Å². The van der Waals surface area contributed by atoms with Crippen LogP contribution in [0.1, 0.15) is 75.5 Å². The van der Waals surface area contributed by atoms with Gasteiger partial charge in [-0.1, -0.05) is 49.8 Å². The van der Waals surface area contributed by atoms with Crippen LogP contribution in [0.15, 0.2) is 151 Å². The molecule has 0 fully saturated rings. The zero-order valence-corrected chi connectivity index (χ0v) is 53.9. The Bertz CT molecular complexity index is 3610. The fraction of sp³-hybridized carbons (Fsp3) is 0.218. The summed E-state index contributed by atoms with van der Waals surface area (Å²) >= 11 is 0. The van der Waals surface area contributed by atoms with Gasteiger partial charge in [0, 0.05) is 77.7 Å². The Morgan fingerprint density at radius 3 is 1.42 bits per heavy atom. The maximum atomic E-state index is 12.6. The van der Waals surface area contributed by atoms with E-state index in [2.05, 4.69) is 47.0 Å². The lowest BCUT2D eigenvalue weighted by Crippen LogP contribution is -2.28. The molecule has 0 spiro atoms. The minimum atomic E-state index is -0.938. The minimum Gasteiger partial charge on any atom is -0.427 e.